The zero-order valence-electron chi connectivity index (χ0n) is 88.1. The summed E-state index contributed by atoms with van der Waals surface area (Å²) in [7, 11) is 0. The number of rotatable bonds is 20. The van der Waals surface area contributed by atoms with E-state index in [9.17, 15) is 0 Å². The lowest BCUT2D eigenvalue weighted by Crippen LogP contribution is -2.33. The number of hydrogen-bond acceptors (Lipinski definition) is 5. The summed E-state index contributed by atoms with van der Waals surface area (Å²) in [5.74, 6) is 15.1. The zero-order chi connectivity index (χ0) is 89.6. The van der Waals surface area contributed by atoms with Crippen molar-refractivity contribution in [1.82, 2.24) is 0 Å². The second-order valence-electron chi connectivity index (χ2n) is 35.9. The second kappa shape index (κ2) is 117. The fourth-order valence-electron chi connectivity index (χ4n) is 13.2. The normalized spacial score (nSPS) is 21.7. The summed E-state index contributed by atoms with van der Waals surface area (Å²) in [6.07, 6.45) is 38.8. The van der Waals surface area contributed by atoms with Crippen LogP contribution in [0, 0.1) is 107 Å². The fraction of sp³-hybridized carbons (Fsp3) is 1.00. The van der Waals surface area contributed by atoms with Crippen molar-refractivity contribution in [2.45, 2.75) is 551 Å². The van der Waals surface area contributed by atoms with Crippen molar-refractivity contribution in [2.24, 2.45) is 107 Å². The lowest BCUT2D eigenvalue weighted by molar-refractivity contribution is -0.208. The zero-order valence-corrected chi connectivity index (χ0v) is 88.1. The van der Waals surface area contributed by atoms with Gasteiger partial charge in [0.25, 0.3) is 0 Å². The van der Waals surface area contributed by atoms with Crippen molar-refractivity contribution in [3.63, 3.8) is 0 Å². The van der Waals surface area contributed by atoms with Gasteiger partial charge in [0.2, 0.25) is 0 Å². The van der Waals surface area contributed by atoms with Gasteiger partial charge in [-0.2, -0.15) is 0 Å². The van der Waals surface area contributed by atoms with Gasteiger partial charge >= 0.3 is 0 Å². The first kappa shape index (κ1) is 142. The molecule has 4 aliphatic heterocycles. The molecule has 0 spiro atoms. The largest absolute Gasteiger partial charge is 0.378 e. The second-order valence-corrected chi connectivity index (χ2v) is 35.9. The van der Waals surface area contributed by atoms with E-state index in [2.05, 4.69) is 277 Å². The predicted molar refractivity (Wildman–Crippen MR) is 521 cm³/mol. The van der Waals surface area contributed by atoms with Crippen molar-refractivity contribution < 1.29 is 23.7 Å². The first-order valence-corrected chi connectivity index (χ1v) is 50.1. The van der Waals surface area contributed by atoms with Crippen molar-refractivity contribution in [2.75, 3.05) is 33.0 Å². The molecule has 6 atom stereocenters. The maximum atomic E-state index is 5.98. The van der Waals surface area contributed by atoms with Gasteiger partial charge < -0.3 is 23.7 Å². The van der Waals surface area contributed by atoms with Gasteiger partial charge in [0, 0.05) is 30.8 Å². The molecule has 6 aliphatic rings. The fourth-order valence-corrected chi connectivity index (χ4v) is 13.2. The molecule has 2 aliphatic carbocycles. The Bertz CT molecular complexity index is 1160. The van der Waals surface area contributed by atoms with Gasteiger partial charge in [-0.25, -0.2) is 0 Å². The van der Waals surface area contributed by atoms with Crippen LogP contribution in [0.25, 0.3) is 0 Å². The Kier molecular flexibility index (Phi) is 151. The molecule has 0 aromatic carbocycles. The molecule has 4 saturated heterocycles. The molecule has 6 fully saturated rings. The molecule has 6 unspecified atom stereocenters. The van der Waals surface area contributed by atoms with Crippen molar-refractivity contribution >= 4 is 0 Å². The molecule has 0 radical (unpaired) electrons. The minimum atomic E-state index is 0.0541. The van der Waals surface area contributed by atoms with E-state index in [0.717, 1.165) is 122 Å². The molecule has 5 nitrogen and oxygen atoms in total. The summed E-state index contributed by atoms with van der Waals surface area (Å²) in [6, 6.07) is 0. The average Bonchev–Trinajstić information content (AvgIpc) is 1.65. The summed E-state index contributed by atoms with van der Waals surface area (Å²) in [4.78, 5) is 0. The molecule has 0 amide bonds. The highest BCUT2D eigenvalue weighted by Gasteiger charge is 2.47. The molecule has 0 aromatic heterocycles. The Balaban J connectivity index is -0.0000000779. The third-order valence-electron chi connectivity index (χ3n) is 15.8. The van der Waals surface area contributed by atoms with Gasteiger partial charge in [-0.3, -0.25) is 0 Å². The highest BCUT2D eigenvalue weighted by Crippen LogP contribution is 2.42. The van der Waals surface area contributed by atoms with Crippen molar-refractivity contribution in [3.05, 3.63) is 0 Å². The van der Waals surface area contributed by atoms with Gasteiger partial charge in [0.1, 0.15) is 0 Å². The Morgan fingerprint density at radius 3 is 0.591 bits per heavy atom. The first-order valence-electron chi connectivity index (χ1n) is 50.1. The molecule has 0 N–H and O–H groups in total. The Hall–Kier alpha value is -0.200. The summed E-state index contributed by atoms with van der Waals surface area (Å²) >= 11 is 0. The van der Waals surface area contributed by atoms with Crippen LogP contribution >= 0.6 is 0 Å². The molecule has 2 saturated carbocycles. The highest BCUT2D eigenvalue weighted by molar-refractivity contribution is 4.94. The van der Waals surface area contributed by atoms with E-state index in [1.807, 2.05) is 69.2 Å². The molecule has 0 aromatic rings. The Labute approximate surface area is 709 Å². The van der Waals surface area contributed by atoms with E-state index in [0.29, 0.717) is 42.0 Å². The SMILES string of the molecule is CC.CC.CC.CC.CC.CC(C)CC1CC(CC(C)C)C1.CC(C)CC1CCC(CC(C)C)CC1.CC(C)CC1CCC(CC(C)C)OC1.CC(C)CC1COC(CC(C)C)OC1.CC(C)CC1COC2C(CC(C)C)COC12.CCC.CCC.CCC.CCC.CCC.CCC.CCC.CCC.CCC.CCC. The molecule has 688 valence electrons. The predicted octanol–water partition coefficient (Wildman–Crippen LogP) is 38.3. The molecule has 5 heteroatoms. The third-order valence-corrected chi connectivity index (χ3v) is 15.8. The topological polar surface area (TPSA) is 46.2 Å². The number of ether oxygens (including phenoxy) is 5. The molecular weight excluding hydrogens is 1340 g/mol. The van der Waals surface area contributed by atoms with Crippen LogP contribution < -0.4 is 0 Å². The van der Waals surface area contributed by atoms with E-state index in [4.69, 9.17) is 23.7 Å². The smallest absolute Gasteiger partial charge is 0.157 e. The van der Waals surface area contributed by atoms with Crippen LogP contribution in [-0.2, 0) is 23.7 Å². The van der Waals surface area contributed by atoms with E-state index in [1.54, 1.807) is 0 Å². The van der Waals surface area contributed by atoms with Gasteiger partial charge in [-0.05, 0) is 172 Å². The van der Waals surface area contributed by atoms with Crippen LogP contribution in [0.4, 0.5) is 0 Å². The van der Waals surface area contributed by atoms with Crippen LogP contribution in [0.5, 0.6) is 0 Å². The number of fused-ring (bicyclic) bond motifs is 1. The third kappa shape index (κ3) is 123. The summed E-state index contributed by atoms with van der Waals surface area (Å²) < 4.78 is 29.2. The van der Waals surface area contributed by atoms with E-state index in [1.165, 1.54) is 173 Å². The lowest BCUT2D eigenvalue weighted by Gasteiger charge is -2.37. The van der Waals surface area contributed by atoms with E-state index >= 15 is 0 Å². The molecule has 6 rings (SSSR count). The van der Waals surface area contributed by atoms with Crippen molar-refractivity contribution in [1.29, 1.82) is 0 Å². The minimum absolute atomic E-state index is 0.0541. The van der Waals surface area contributed by atoms with Crippen molar-refractivity contribution in [3.8, 4) is 0 Å². The highest BCUT2D eigenvalue weighted by atomic mass is 16.7. The van der Waals surface area contributed by atoms with Gasteiger partial charge in [0.05, 0.1) is 44.7 Å². The number of hydrogen-bond donors (Lipinski definition) is 0. The standard InChI is InChI=1S/C14H26O2.C14H28.C13H26O.C12H24O2.C12H24.10C3H8.5C2H6/c1-9(2)5-11-7-15-14-12(6-10(3)4)8-16-13(11)14;1-11(2)9-13-5-7-14(8-6-13)10-12(3)4;1-10(2)7-12-5-6-13(14-9-12)8-11(3)4;1-9(2)5-11-7-13-12(14-8-11)6-10(3)4;1-9(2)5-11-7-12(8-11)6-10(3)4;10*1-3-2;5*1-2/h9-14H,5-8H2,1-4H3;11-14H,5-10H2,1-4H3;10-13H,5-9H2,1-4H3;9-12H,5-8H2,1-4H3;9-12H,5-8H2,1-4H3;10*3H2,1-2H3;5*1-2H3. The molecule has 4 heterocycles. The Morgan fingerprint density at radius 2 is 0.382 bits per heavy atom. The van der Waals surface area contributed by atoms with Crippen LogP contribution in [0.3, 0.4) is 0 Å². The van der Waals surface area contributed by atoms with Gasteiger partial charge in [-0.15, -0.1) is 0 Å². The maximum Gasteiger partial charge on any atom is 0.157 e. The van der Waals surface area contributed by atoms with Crippen LogP contribution in [0.15, 0.2) is 0 Å². The average molecular weight is 1580 g/mol. The summed E-state index contributed by atoms with van der Waals surface area (Å²) in [5.41, 5.74) is 0. The molecule has 0 bridgehead atoms. The van der Waals surface area contributed by atoms with Gasteiger partial charge in [0.15, 0.2) is 6.29 Å². The van der Waals surface area contributed by atoms with Crippen LogP contribution in [0.1, 0.15) is 526 Å². The first-order chi connectivity index (χ1) is 52.0. The molecular formula is C105H238O5. The van der Waals surface area contributed by atoms with E-state index in [-0.39, 0.29) is 6.29 Å². The quantitative estimate of drug-likeness (QED) is 0.122. The van der Waals surface area contributed by atoms with E-state index < -0.39 is 0 Å². The van der Waals surface area contributed by atoms with Gasteiger partial charge in [-0.1, -0.05) is 436 Å². The summed E-state index contributed by atoms with van der Waals surface area (Å²) in [5, 5.41) is 0. The molecule has 110 heavy (non-hydrogen) atoms. The van der Waals surface area contributed by atoms with Crippen LogP contribution in [-0.4, -0.2) is 57.6 Å². The van der Waals surface area contributed by atoms with Crippen LogP contribution in [0.2, 0.25) is 0 Å². The lowest BCUT2D eigenvalue weighted by atomic mass is 9.69. The summed E-state index contributed by atoms with van der Waals surface area (Å²) in [6.45, 7) is 113. The Morgan fingerprint density at radius 1 is 0.191 bits per heavy atom. The minimum Gasteiger partial charge on any atom is -0.378 e. The monoisotopic (exact) mass is 1580 g/mol. The maximum absolute atomic E-state index is 5.98.